The number of urea groups is 1. The Bertz CT molecular complexity index is 2820. The van der Waals surface area contributed by atoms with Gasteiger partial charge < -0.3 is 130 Å². The SMILES string of the molecule is CC[C@H]1C[C@@H](C(=O)NCCNC(=O)NCCCC(=O)[C@@H]2C[C@H](CC)[C@@H](O[C@@H]3O[C@@H](C)[C@@H](O)[C@@H](O)[C@@H]3O)[C@H](O[C@@H]3O[C@H](CO)[C@H](O)[C@H](O[C@@H](CC4CCCCC4)C(=O)N4CCC4)[C@H]3NC(C)=O)C2)C[C@@H](OC2O[C@H](CO)[C@H](O)[C@H](O[C@@H](CC3CCCCC3)C(=O)N3CCC3)[C@H]2C)[C@@H]1OC1O[C@@H](C)[C@@H](O)[C@@H](O)[C@@H]1O. The lowest BCUT2D eigenvalue weighted by Gasteiger charge is -2.49. The van der Waals surface area contributed by atoms with Gasteiger partial charge in [-0.25, -0.2) is 4.79 Å². The first-order valence-corrected chi connectivity index (χ1v) is 40.2. The zero-order chi connectivity index (χ0) is 76.9. The number of amides is 6. The normalized spacial score (nSPS) is 40.1. The Morgan fingerprint density at radius 2 is 0.925 bits per heavy atom. The van der Waals surface area contributed by atoms with Crippen molar-refractivity contribution in [3.05, 3.63) is 0 Å². The zero-order valence-corrected chi connectivity index (χ0v) is 63.3. The van der Waals surface area contributed by atoms with Gasteiger partial charge in [-0.05, 0) is 95.3 Å². The molecular formula is C75H126N6O26. The number of carbonyl (C=O) groups is 6. The number of ketones is 1. The molecule has 4 aliphatic carbocycles. The molecule has 0 aromatic carbocycles. The van der Waals surface area contributed by atoms with E-state index in [1.807, 2.05) is 13.8 Å². The maximum atomic E-state index is 14.5. The van der Waals surface area contributed by atoms with E-state index >= 15 is 0 Å². The third-order valence-corrected chi connectivity index (χ3v) is 24.6. The number of nitrogens with zero attached hydrogens (tertiary/aromatic N) is 2. The smallest absolute Gasteiger partial charge is 0.314 e. The van der Waals surface area contributed by atoms with Crippen LogP contribution in [0.3, 0.4) is 0 Å². The molecule has 612 valence electrons. The lowest BCUT2D eigenvalue weighted by atomic mass is 9.74. The number of nitrogens with one attached hydrogen (secondary N) is 4. The van der Waals surface area contributed by atoms with E-state index in [0.29, 0.717) is 51.9 Å². The minimum Gasteiger partial charge on any atom is -0.394 e. The number of aliphatic hydroxyl groups is 10. The topological polar surface area (TPSA) is 452 Å². The summed E-state index contributed by atoms with van der Waals surface area (Å²) in [5.41, 5.74) is 0. The fraction of sp³-hybridized carbons (Fsp3) is 0.920. The van der Waals surface area contributed by atoms with E-state index in [1.165, 1.54) is 20.8 Å². The van der Waals surface area contributed by atoms with Crippen LogP contribution in [0, 0.1) is 41.4 Å². The van der Waals surface area contributed by atoms with E-state index in [4.69, 9.17) is 47.4 Å². The Morgan fingerprint density at radius 3 is 1.40 bits per heavy atom. The van der Waals surface area contributed by atoms with Crippen molar-refractivity contribution < 1.29 is 127 Å². The third kappa shape index (κ3) is 21.5. The number of hydrogen-bond donors (Lipinski definition) is 14. The molecule has 32 nitrogen and oxygen atoms in total. The molecular weight excluding hydrogens is 1400 g/mol. The fourth-order valence-corrected chi connectivity index (χ4v) is 17.7. The highest BCUT2D eigenvalue weighted by Gasteiger charge is 2.56. The van der Waals surface area contributed by atoms with E-state index in [2.05, 4.69) is 21.3 Å². The van der Waals surface area contributed by atoms with Gasteiger partial charge in [-0.2, -0.15) is 0 Å². The summed E-state index contributed by atoms with van der Waals surface area (Å²) in [4.78, 5) is 87.0. The molecule has 4 saturated carbocycles. The number of Topliss-reactive ketones (excluding diaryl/α,β-unsaturated/α-hetero) is 1. The molecule has 0 aromatic heterocycles. The van der Waals surface area contributed by atoms with E-state index in [0.717, 1.165) is 77.0 Å². The molecule has 107 heavy (non-hydrogen) atoms. The van der Waals surface area contributed by atoms with Crippen LogP contribution >= 0.6 is 0 Å². The summed E-state index contributed by atoms with van der Waals surface area (Å²) in [6.45, 7) is 10.9. The Labute approximate surface area is 627 Å². The number of ether oxygens (including phenoxy) is 10. The summed E-state index contributed by atoms with van der Waals surface area (Å²) in [5.74, 6) is -4.07. The molecule has 0 aromatic rings. The van der Waals surface area contributed by atoms with Gasteiger partial charge in [-0.15, -0.1) is 0 Å². The molecule has 30 atom stereocenters. The standard InChI is InChI=1S/C75H126N6O26/c1-7-44-32-46(34-49(65(44)106-73-62(92)60(90)56(86)39(4)98-73)103-72-55(79-41(6)84)67(59(89)54(37-83)105-72)101-52(70(96)81-28-17-29-81)31-43-20-13-10-14-21-43)48(85)22-15-23-77-75(97)78-25-24-76-68(94)47-33-45(8-2)66(107-74-63(93)61(91)57(87)40(5)99-74)50(35-47)102-71-38(3)64(58(88)53(36-82)104-71)100-51(69(95)80-26-16-27-80)30-42-18-11-9-12-19-42/h38-40,42-47,49-67,71-74,82-83,86-93H,7-37H2,1-6H3,(H,76,94)(H,79,84)(H2,77,78,97)/t38-,39+,40+,44+,45+,46-,47-,49-,50-,51+,52+,53-,54-,55-,56-,57-,58+,59+,60-,61-,62+,63+,64-,65-,66-,67-,71?,72-,73+,74?/m1/s1. The first kappa shape index (κ1) is 85.4. The van der Waals surface area contributed by atoms with Crippen LogP contribution in [0.2, 0.25) is 0 Å². The zero-order valence-electron chi connectivity index (χ0n) is 63.3. The minimum absolute atomic E-state index is 0.000292. The van der Waals surface area contributed by atoms with Gasteiger partial charge in [-0.3, -0.25) is 24.0 Å². The summed E-state index contributed by atoms with van der Waals surface area (Å²) >= 11 is 0. The molecule has 10 fully saturated rings. The predicted molar refractivity (Wildman–Crippen MR) is 378 cm³/mol. The highest BCUT2D eigenvalue weighted by Crippen LogP contribution is 2.44. The van der Waals surface area contributed by atoms with Crippen molar-refractivity contribution in [1.29, 1.82) is 0 Å². The van der Waals surface area contributed by atoms with Crippen LogP contribution in [0.25, 0.3) is 0 Å². The van der Waals surface area contributed by atoms with Crippen LogP contribution in [0.1, 0.15) is 183 Å². The van der Waals surface area contributed by atoms with Crippen molar-refractivity contribution in [2.24, 2.45) is 41.4 Å². The fourth-order valence-electron chi connectivity index (χ4n) is 17.7. The minimum atomic E-state index is -1.70. The van der Waals surface area contributed by atoms with Gasteiger partial charge in [0.15, 0.2) is 25.2 Å². The predicted octanol–water partition coefficient (Wildman–Crippen LogP) is 0.0293. The molecule has 6 heterocycles. The second-order valence-corrected chi connectivity index (χ2v) is 32.2. The van der Waals surface area contributed by atoms with Crippen LogP contribution in [-0.2, 0) is 71.3 Å². The summed E-state index contributed by atoms with van der Waals surface area (Å²) in [6, 6.07) is -1.85. The summed E-state index contributed by atoms with van der Waals surface area (Å²) in [5, 5.41) is 122. The third-order valence-electron chi connectivity index (χ3n) is 24.6. The number of likely N-dealkylation sites (tertiary alicyclic amines) is 2. The lowest BCUT2D eigenvalue weighted by Crippen LogP contribution is -2.67. The second kappa shape index (κ2) is 40.2. The summed E-state index contributed by atoms with van der Waals surface area (Å²) < 4.78 is 64.7. The number of aliphatic hydroxyl groups excluding tert-OH is 10. The van der Waals surface area contributed by atoms with Gasteiger partial charge in [0.25, 0.3) is 11.8 Å². The largest absolute Gasteiger partial charge is 0.394 e. The van der Waals surface area contributed by atoms with Gasteiger partial charge in [0.05, 0.1) is 55.9 Å². The van der Waals surface area contributed by atoms with Crippen molar-refractivity contribution in [3.63, 3.8) is 0 Å². The average molecular weight is 1530 g/mol. The van der Waals surface area contributed by atoms with E-state index in [1.54, 1.807) is 16.7 Å². The number of carbonyl (C=O) groups excluding carboxylic acids is 6. The first-order chi connectivity index (χ1) is 51.3. The van der Waals surface area contributed by atoms with Crippen molar-refractivity contribution in [3.8, 4) is 0 Å². The van der Waals surface area contributed by atoms with Gasteiger partial charge in [0.1, 0.15) is 91.2 Å². The second-order valence-electron chi connectivity index (χ2n) is 32.2. The molecule has 6 aliphatic heterocycles. The first-order valence-electron chi connectivity index (χ1n) is 40.2. The van der Waals surface area contributed by atoms with Gasteiger partial charge >= 0.3 is 6.03 Å². The van der Waals surface area contributed by atoms with E-state index < -0.39 is 208 Å². The average Bonchev–Trinajstić information content (AvgIpc) is 0.778. The molecule has 6 amide bonds. The maximum absolute atomic E-state index is 14.5. The molecule has 0 bridgehead atoms. The van der Waals surface area contributed by atoms with E-state index in [9.17, 15) is 79.8 Å². The molecule has 10 aliphatic rings. The quantitative estimate of drug-likeness (QED) is 0.0395. The molecule has 14 N–H and O–H groups in total. The highest BCUT2D eigenvalue weighted by molar-refractivity contribution is 5.83. The highest BCUT2D eigenvalue weighted by atomic mass is 16.7. The van der Waals surface area contributed by atoms with Gasteiger partial charge in [0.2, 0.25) is 11.8 Å². The molecule has 10 rings (SSSR count). The number of rotatable bonds is 32. The summed E-state index contributed by atoms with van der Waals surface area (Å²) in [6.07, 6.45) is -16.2. The van der Waals surface area contributed by atoms with Crippen molar-refractivity contribution in [1.82, 2.24) is 31.1 Å². The van der Waals surface area contributed by atoms with Crippen molar-refractivity contribution in [2.75, 3.05) is 59.0 Å². The van der Waals surface area contributed by atoms with Crippen LogP contribution < -0.4 is 21.3 Å². The van der Waals surface area contributed by atoms with Crippen molar-refractivity contribution in [2.45, 2.75) is 336 Å². The maximum Gasteiger partial charge on any atom is 0.314 e. The molecule has 2 unspecified atom stereocenters. The van der Waals surface area contributed by atoms with Crippen LogP contribution in [-0.4, -0.2) is 309 Å². The molecule has 32 heteroatoms. The Balaban J connectivity index is 0.764. The lowest BCUT2D eigenvalue weighted by molar-refractivity contribution is -0.343. The Kier molecular flexibility index (Phi) is 32.1. The van der Waals surface area contributed by atoms with Gasteiger partial charge in [-0.1, -0.05) is 97.8 Å². The summed E-state index contributed by atoms with van der Waals surface area (Å²) in [7, 11) is 0. The van der Waals surface area contributed by atoms with Crippen LogP contribution in [0.15, 0.2) is 0 Å². The Morgan fingerprint density at radius 1 is 0.477 bits per heavy atom. The molecule has 6 saturated heterocycles. The van der Waals surface area contributed by atoms with Crippen molar-refractivity contribution >= 4 is 35.4 Å². The van der Waals surface area contributed by atoms with Gasteiger partial charge in [0, 0.05) is 76.9 Å². The van der Waals surface area contributed by atoms with Crippen LogP contribution in [0.5, 0.6) is 0 Å². The molecule has 0 radical (unpaired) electrons. The van der Waals surface area contributed by atoms with Crippen LogP contribution in [0.4, 0.5) is 4.79 Å². The Hall–Kier alpha value is -3.98. The monoisotopic (exact) mass is 1530 g/mol. The van der Waals surface area contributed by atoms with E-state index in [-0.39, 0.29) is 93.5 Å². The number of hydrogen-bond acceptors (Lipinski definition) is 26. The molecule has 0 spiro atoms.